The number of benzene rings is 1. The second-order valence-electron chi connectivity index (χ2n) is 15.8. The van der Waals surface area contributed by atoms with Crippen LogP contribution in [0, 0.1) is 11.3 Å². The number of guanidine groups is 1. The highest BCUT2D eigenvalue weighted by molar-refractivity contribution is 5.97. The number of fused-ring (bicyclic) bond motifs is 2. The van der Waals surface area contributed by atoms with Crippen LogP contribution in [0.2, 0.25) is 0 Å². The molecule has 3 heterocycles. The molecule has 3 fully saturated rings. The van der Waals surface area contributed by atoms with Gasteiger partial charge in [0.25, 0.3) is 0 Å². The number of amides is 6. The molecule has 1 aromatic carbocycles. The molecule has 1 aliphatic carbocycles. The van der Waals surface area contributed by atoms with Gasteiger partial charge in [0, 0.05) is 43.0 Å². The van der Waals surface area contributed by atoms with Gasteiger partial charge >= 0.3 is 0 Å². The standard InChI is InChI=1S/C40H59N11O7/c1-23-39(58)51-18-8-14-32(51)33(52)22-46-30(19-24-9-3-2-4-10-24)37(56)50-31(20-25-21-45-27-12-6-5-11-26(25)27)38(57)49-29(13-7-17-44-40(42)43)36(55)48-28(35(41)54)15-16-34(53)47-23/h5-6,11-12,21,23-24,28-32,45-46H,2-4,7-10,13-20,22H2,1H3,(H2,41,54)(H,47,53)(H,48,55)(H,49,57)(H,50,56)(H4,42,43,44)/t23?,28-,29?,30+,31?,32?/m0/s1. The van der Waals surface area contributed by atoms with Crippen LogP contribution in [-0.2, 0) is 40.0 Å². The minimum Gasteiger partial charge on any atom is -0.370 e. The largest absolute Gasteiger partial charge is 0.370 e. The Labute approximate surface area is 338 Å². The first-order chi connectivity index (χ1) is 27.8. The van der Waals surface area contributed by atoms with Gasteiger partial charge in [0.05, 0.1) is 18.6 Å². The normalized spacial score (nSPS) is 26.5. The number of hydrogen-bond donors (Lipinski definition) is 10. The summed E-state index contributed by atoms with van der Waals surface area (Å²) in [6, 6.07) is 1.24. The van der Waals surface area contributed by atoms with E-state index in [0.29, 0.717) is 25.8 Å². The zero-order chi connectivity index (χ0) is 41.8. The topological polar surface area (TPSA) is 287 Å². The number of primary amides is 1. The predicted molar refractivity (Wildman–Crippen MR) is 216 cm³/mol. The van der Waals surface area contributed by atoms with Gasteiger partial charge in [-0.3, -0.25) is 44.3 Å². The average Bonchev–Trinajstić information content (AvgIpc) is 3.86. The van der Waals surface area contributed by atoms with Gasteiger partial charge in [0.2, 0.25) is 35.4 Å². The Morgan fingerprint density at radius 3 is 2.31 bits per heavy atom. The smallest absolute Gasteiger partial charge is 0.245 e. The first-order valence-corrected chi connectivity index (χ1v) is 20.5. The zero-order valence-corrected chi connectivity index (χ0v) is 33.2. The van der Waals surface area contributed by atoms with E-state index in [2.05, 4.69) is 36.9 Å². The van der Waals surface area contributed by atoms with E-state index in [1.165, 1.54) is 11.8 Å². The van der Waals surface area contributed by atoms with Crippen molar-refractivity contribution in [1.29, 1.82) is 5.41 Å². The first-order valence-electron chi connectivity index (χ1n) is 20.5. The Balaban J connectivity index is 1.48. The van der Waals surface area contributed by atoms with E-state index in [0.717, 1.165) is 48.6 Å². The monoisotopic (exact) mass is 805 g/mol. The van der Waals surface area contributed by atoms with Crippen molar-refractivity contribution >= 4 is 58.1 Å². The van der Waals surface area contributed by atoms with Gasteiger partial charge < -0.3 is 47.9 Å². The molecule has 3 aliphatic rings. The lowest BCUT2D eigenvalue weighted by atomic mass is 9.84. The summed E-state index contributed by atoms with van der Waals surface area (Å²) in [5, 5.41) is 25.1. The van der Waals surface area contributed by atoms with Crippen LogP contribution in [0.15, 0.2) is 30.5 Å². The van der Waals surface area contributed by atoms with Crippen LogP contribution in [-0.4, -0.2) is 113 Å². The molecular formula is C40H59N11O7. The Hall–Kier alpha value is -5.52. The summed E-state index contributed by atoms with van der Waals surface area (Å²) < 4.78 is 0. The lowest BCUT2D eigenvalue weighted by Crippen LogP contribution is -2.59. The highest BCUT2D eigenvalue weighted by Gasteiger charge is 2.38. The van der Waals surface area contributed by atoms with Gasteiger partial charge in [-0.25, -0.2) is 0 Å². The second-order valence-corrected chi connectivity index (χ2v) is 15.8. The van der Waals surface area contributed by atoms with Gasteiger partial charge in [0.1, 0.15) is 24.2 Å². The maximum atomic E-state index is 14.4. The Morgan fingerprint density at radius 1 is 0.862 bits per heavy atom. The average molecular weight is 806 g/mol. The third-order valence-electron chi connectivity index (χ3n) is 11.5. The van der Waals surface area contributed by atoms with Gasteiger partial charge in [-0.05, 0) is 63.0 Å². The number of aromatic amines is 1. The van der Waals surface area contributed by atoms with Crippen molar-refractivity contribution in [3.05, 3.63) is 36.0 Å². The van der Waals surface area contributed by atoms with Crippen molar-refractivity contribution in [2.75, 3.05) is 19.6 Å². The second kappa shape index (κ2) is 20.8. The number of carbonyl (C=O) groups is 7. The number of para-hydroxylation sites is 1. The third-order valence-corrected chi connectivity index (χ3v) is 11.5. The number of rotatable bonds is 9. The highest BCUT2D eigenvalue weighted by Crippen LogP contribution is 2.28. The first kappa shape index (κ1) is 43.6. The van der Waals surface area contributed by atoms with E-state index >= 15 is 0 Å². The van der Waals surface area contributed by atoms with E-state index < -0.39 is 71.7 Å². The molecule has 0 bridgehead atoms. The molecule has 4 unspecified atom stereocenters. The van der Waals surface area contributed by atoms with E-state index in [4.69, 9.17) is 16.9 Å². The van der Waals surface area contributed by atoms with E-state index in [1.807, 2.05) is 24.3 Å². The molecule has 316 valence electrons. The lowest BCUT2D eigenvalue weighted by Gasteiger charge is -2.30. The molecule has 6 amide bonds. The Kier molecular flexibility index (Phi) is 15.6. The summed E-state index contributed by atoms with van der Waals surface area (Å²) in [7, 11) is 0. The fourth-order valence-electron chi connectivity index (χ4n) is 8.28. The summed E-state index contributed by atoms with van der Waals surface area (Å²) in [5.41, 5.74) is 12.7. The van der Waals surface area contributed by atoms with Crippen molar-refractivity contribution in [2.24, 2.45) is 17.4 Å². The number of Topliss-reactive ketones (excluding diaryl/α,β-unsaturated/α-hetero) is 1. The number of ketones is 1. The number of H-pyrrole nitrogens is 1. The lowest BCUT2D eigenvalue weighted by molar-refractivity contribution is -0.140. The van der Waals surface area contributed by atoms with Gasteiger partial charge in [-0.2, -0.15) is 0 Å². The van der Waals surface area contributed by atoms with E-state index in [9.17, 15) is 33.6 Å². The van der Waals surface area contributed by atoms with Gasteiger partial charge in [-0.15, -0.1) is 0 Å². The molecule has 2 aliphatic heterocycles. The molecule has 58 heavy (non-hydrogen) atoms. The van der Waals surface area contributed by atoms with Crippen molar-refractivity contribution in [3.63, 3.8) is 0 Å². The van der Waals surface area contributed by atoms with Gasteiger partial charge in [-0.1, -0.05) is 50.3 Å². The minimum absolute atomic E-state index is 0.0445. The van der Waals surface area contributed by atoms with Crippen molar-refractivity contribution in [2.45, 2.75) is 127 Å². The molecule has 18 nitrogen and oxygen atoms in total. The number of nitrogens with one attached hydrogen (secondary N) is 8. The molecule has 5 rings (SSSR count). The number of aromatic nitrogens is 1. The summed E-state index contributed by atoms with van der Waals surface area (Å²) in [6.45, 7) is 1.86. The van der Waals surface area contributed by atoms with Crippen LogP contribution in [0.1, 0.15) is 89.5 Å². The molecule has 2 saturated heterocycles. The third kappa shape index (κ3) is 12.0. The SMILES string of the molecule is CC1NC(=O)CC[C@@H](C(N)=O)NC(=O)C(CCCNC(=N)N)NC(=O)C(Cc2c[nH]c3ccccc23)NC(=O)[C@@H](CC2CCCCC2)NCC(=O)C2CCCN2C1=O. The fourth-order valence-corrected chi connectivity index (χ4v) is 8.28. The minimum atomic E-state index is -1.30. The van der Waals surface area contributed by atoms with Crippen LogP contribution < -0.4 is 43.4 Å². The highest BCUT2D eigenvalue weighted by atomic mass is 16.2. The molecular weight excluding hydrogens is 747 g/mol. The van der Waals surface area contributed by atoms with E-state index in [-0.39, 0.29) is 62.9 Å². The van der Waals surface area contributed by atoms with Crippen LogP contribution >= 0.6 is 0 Å². The van der Waals surface area contributed by atoms with Crippen LogP contribution in [0.25, 0.3) is 10.9 Å². The molecule has 1 saturated carbocycles. The zero-order valence-electron chi connectivity index (χ0n) is 33.2. The fraction of sp³-hybridized carbons (Fsp3) is 0.600. The Morgan fingerprint density at radius 2 is 1.57 bits per heavy atom. The molecule has 2 aromatic rings. The van der Waals surface area contributed by atoms with Crippen molar-refractivity contribution < 1.29 is 33.6 Å². The Bertz CT molecular complexity index is 1830. The number of nitrogens with zero attached hydrogens (tertiary/aromatic N) is 1. The summed E-state index contributed by atoms with van der Waals surface area (Å²) in [5.74, 6) is -4.13. The van der Waals surface area contributed by atoms with E-state index in [1.54, 1.807) is 6.20 Å². The molecule has 0 spiro atoms. The summed E-state index contributed by atoms with van der Waals surface area (Å²) in [6.07, 6.45) is 8.14. The molecule has 18 heteroatoms. The molecule has 1 aromatic heterocycles. The van der Waals surface area contributed by atoms with Crippen LogP contribution in [0.3, 0.4) is 0 Å². The maximum Gasteiger partial charge on any atom is 0.245 e. The molecule has 6 atom stereocenters. The summed E-state index contributed by atoms with van der Waals surface area (Å²) in [4.78, 5) is 100. The maximum absolute atomic E-state index is 14.4. The number of nitrogens with two attached hydrogens (primary N) is 2. The molecule has 0 radical (unpaired) electrons. The van der Waals surface area contributed by atoms with Gasteiger partial charge in [0.15, 0.2) is 11.7 Å². The predicted octanol–water partition coefficient (Wildman–Crippen LogP) is -0.299. The quantitative estimate of drug-likeness (QED) is 0.0897. The van der Waals surface area contributed by atoms with Crippen molar-refractivity contribution in [1.82, 2.24) is 41.8 Å². The number of hydrogen-bond acceptors (Lipinski definition) is 9. The van der Waals surface area contributed by atoms with Crippen LogP contribution in [0.4, 0.5) is 0 Å². The number of carbonyl (C=O) groups excluding carboxylic acids is 7. The van der Waals surface area contributed by atoms with Crippen molar-refractivity contribution in [3.8, 4) is 0 Å². The summed E-state index contributed by atoms with van der Waals surface area (Å²) >= 11 is 0. The van der Waals surface area contributed by atoms with Crippen LogP contribution in [0.5, 0.6) is 0 Å². The molecule has 12 N–H and O–H groups in total.